The van der Waals surface area contributed by atoms with Crippen molar-refractivity contribution in [3.8, 4) is 11.5 Å². The molecule has 1 aliphatic rings. The first-order chi connectivity index (χ1) is 13.6. The predicted octanol–water partition coefficient (Wildman–Crippen LogP) is 5.52. The van der Waals surface area contributed by atoms with Gasteiger partial charge in [-0.15, -0.1) is 0 Å². The Labute approximate surface area is 167 Å². The zero-order chi connectivity index (χ0) is 19.9. The predicted molar refractivity (Wildman–Crippen MR) is 112 cm³/mol. The van der Waals surface area contributed by atoms with Crippen LogP contribution in [0.15, 0.2) is 36.4 Å². The number of fused-ring (bicyclic) bond motifs is 1. The molecule has 0 saturated heterocycles. The number of amides is 2. The van der Waals surface area contributed by atoms with Gasteiger partial charge >= 0.3 is 6.03 Å². The van der Waals surface area contributed by atoms with E-state index in [1.54, 1.807) is 0 Å². The van der Waals surface area contributed by atoms with Gasteiger partial charge in [-0.2, -0.15) is 0 Å². The molecule has 2 aromatic carbocycles. The Hall–Kier alpha value is -2.69. The third-order valence-corrected chi connectivity index (χ3v) is 5.25. The molecule has 5 heteroatoms. The molecule has 0 aromatic heterocycles. The first kappa shape index (κ1) is 20.1. The fraction of sp³-hybridized carbons (Fsp3) is 0.435. The van der Waals surface area contributed by atoms with E-state index in [9.17, 15) is 4.79 Å². The molecule has 2 N–H and O–H groups in total. The monoisotopic (exact) mass is 382 g/mol. The molecule has 1 unspecified atom stereocenters. The Morgan fingerprint density at radius 3 is 2.57 bits per heavy atom. The minimum Gasteiger partial charge on any atom is -0.454 e. The van der Waals surface area contributed by atoms with Crippen LogP contribution >= 0.6 is 0 Å². The highest BCUT2D eigenvalue weighted by molar-refractivity contribution is 5.91. The maximum Gasteiger partial charge on any atom is 0.319 e. The van der Waals surface area contributed by atoms with E-state index in [0.29, 0.717) is 6.54 Å². The molecule has 0 bridgehead atoms. The molecule has 3 rings (SSSR count). The fourth-order valence-corrected chi connectivity index (χ4v) is 3.67. The number of urea groups is 1. The molecule has 1 atom stereocenters. The van der Waals surface area contributed by atoms with Crippen molar-refractivity contribution in [2.45, 2.75) is 52.4 Å². The molecule has 1 aliphatic heterocycles. The third kappa shape index (κ3) is 4.77. The Bertz CT molecular complexity index is 799. The van der Waals surface area contributed by atoms with E-state index in [1.165, 1.54) is 12.8 Å². The van der Waals surface area contributed by atoms with Gasteiger partial charge in [0.15, 0.2) is 11.5 Å². The molecular formula is C23H30N2O3. The van der Waals surface area contributed by atoms with Gasteiger partial charge in [0.05, 0.1) is 0 Å². The van der Waals surface area contributed by atoms with Gasteiger partial charge in [0.2, 0.25) is 6.79 Å². The lowest BCUT2D eigenvalue weighted by molar-refractivity contribution is 0.173. The average Bonchev–Trinajstić information content (AvgIpc) is 3.16. The van der Waals surface area contributed by atoms with E-state index in [1.807, 2.05) is 44.2 Å². The summed E-state index contributed by atoms with van der Waals surface area (Å²) in [6, 6.07) is 11.8. The van der Waals surface area contributed by atoms with Crippen LogP contribution in [0.1, 0.15) is 55.2 Å². The fourth-order valence-electron chi connectivity index (χ4n) is 3.67. The van der Waals surface area contributed by atoms with Crippen LogP contribution in [0.2, 0.25) is 0 Å². The van der Waals surface area contributed by atoms with Crippen LogP contribution in [0.5, 0.6) is 11.5 Å². The maximum atomic E-state index is 12.5. The van der Waals surface area contributed by atoms with Gasteiger partial charge in [0.25, 0.3) is 0 Å². The average molecular weight is 383 g/mol. The second-order valence-corrected chi connectivity index (χ2v) is 7.38. The van der Waals surface area contributed by atoms with E-state index in [0.717, 1.165) is 46.7 Å². The Morgan fingerprint density at radius 1 is 1.07 bits per heavy atom. The summed E-state index contributed by atoms with van der Waals surface area (Å²) >= 11 is 0. The van der Waals surface area contributed by atoms with Crippen molar-refractivity contribution in [1.82, 2.24) is 5.32 Å². The van der Waals surface area contributed by atoms with Crippen molar-refractivity contribution in [3.05, 3.63) is 53.1 Å². The van der Waals surface area contributed by atoms with Crippen molar-refractivity contribution in [2.24, 2.45) is 0 Å². The van der Waals surface area contributed by atoms with Gasteiger partial charge < -0.3 is 20.1 Å². The molecule has 150 valence electrons. The zero-order valence-corrected chi connectivity index (χ0v) is 17.0. The maximum absolute atomic E-state index is 12.5. The number of unbranched alkanes of at least 4 members (excludes halogenated alkanes) is 2. The topological polar surface area (TPSA) is 59.6 Å². The van der Waals surface area contributed by atoms with Crippen LogP contribution < -0.4 is 20.1 Å². The number of aryl methyl sites for hydroxylation is 2. The van der Waals surface area contributed by atoms with Gasteiger partial charge in [-0.25, -0.2) is 4.79 Å². The Kier molecular flexibility index (Phi) is 6.80. The highest BCUT2D eigenvalue weighted by Gasteiger charge is 2.23. The van der Waals surface area contributed by atoms with Gasteiger partial charge in [-0.1, -0.05) is 56.5 Å². The van der Waals surface area contributed by atoms with Crippen LogP contribution in [0.4, 0.5) is 10.5 Å². The first-order valence-corrected chi connectivity index (χ1v) is 10.1. The zero-order valence-electron chi connectivity index (χ0n) is 17.0. The minimum absolute atomic E-state index is 0.178. The van der Waals surface area contributed by atoms with Crippen molar-refractivity contribution >= 4 is 11.7 Å². The molecule has 2 amide bonds. The number of ether oxygens (including phenoxy) is 2. The summed E-state index contributed by atoms with van der Waals surface area (Å²) in [5, 5.41) is 6.05. The normalized spacial score (nSPS) is 13.2. The highest BCUT2D eigenvalue weighted by atomic mass is 16.7. The summed E-state index contributed by atoms with van der Waals surface area (Å²) in [6.07, 6.45) is 4.46. The molecule has 5 nitrogen and oxygen atoms in total. The number of anilines is 1. The molecule has 0 saturated carbocycles. The molecule has 28 heavy (non-hydrogen) atoms. The van der Waals surface area contributed by atoms with Crippen molar-refractivity contribution in [3.63, 3.8) is 0 Å². The summed E-state index contributed by atoms with van der Waals surface area (Å²) in [4.78, 5) is 12.5. The van der Waals surface area contributed by atoms with Gasteiger partial charge in [0, 0.05) is 23.7 Å². The number of nitrogens with one attached hydrogen (secondary N) is 2. The van der Waals surface area contributed by atoms with Crippen molar-refractivity contribution in [2.75, 3.05) is 18.7 Å². The van der Waals surface area contributed by atoms with Crippen LogP contribution in [0.25, 0.3) is 0 Å². The second-order valence-electron chi connectivity index (χ2n) is 7.38. The molecule has 0 aliphatic carbocycles. The van der Waals surface area contributed by atoms with Crippen LogP contribution in [0, 0.1) is 13.8 Å². The van der Waals surface area contributed by atoms with E-state index in [4.69, 9.17) is 9.47 Å². The number of benzene rings is 2. The quantitative estimate of drug-likeness (QED) is 0.591. The summed E-state index contributed by atoms with van der Waals surface area (Å²) < 4.78 is 11.2. The lowest BCUT2D eigenvalue weighted by atomic mass is 9.92. The lowest BCUT2D eigenvalue weighted by Gasteiger charge is -2.20. The van der Waals surface area contributed by atoms with Crippen LogP contribution in [-0.4, -0.2) is 19.4 Å². The lowest BCUT2D eigenvalue weighted by Crippen LogP contribution is -2.33. The first-order valence-electron chi connectivity index (χ1n) is 10.1. The van der Waals surface area contributed by atoms with E-state index in [2.05, 4.69) is 23.6 Å². The molecule has 0 spiro atoms. The van der Waals surface area contributed by atoms with Gasteiger partial charge in [-0.05, 0) is 37.5 Å². The Balaban J connectivity index is 1.68. The molecule has 2 aromatic rings. The van der Waals surface area contributed by atoms with E-state index in [-0.39, 0.29) is 18.7 Å². The summed E-state index contributed by atoms with van der Waals surface area (Å²) in [7, 11) is 0. The largest absolute Gasteiger partial charge is 0.454 e. The summed E-state index contributed by atoms with van der Waals surface area (Å²) in [5.74, 6) is 1.80. The molecular weight excluding hydrogens is 352 g/mol. The number of hydrogen-bond donors (Lipinski definition) is 2. The van der Waals surface area contributed by atoms with Crippen molar-refractivity contribution in [1.29, 1.82) is 0 Å². The number of carbonyl (C=O) groups excluding carboxylic acids is 1. The van der Waals surface area contributed by atoms with Crippen LogP contribution in [-0.2, 0) is 0 Å². The second kappa shape index (κ2) is 9.49. The van der Waals surface area contributed by atoms with Crippen LogP contribution in [0.3, 0.4) is 0 Å². The Morgan fingerprint density at radius 2 is 1.82 bits per heavy atom. The number of para-hydroxylation sites is 2. The summed E-state index contributed by atoms with van der Waals surface area (Å²) in [6.45, 7) is 7.01. The standard InChI is InChI=1S/C23H30N2O3/c1-4-5-6-11-18(19-12-8-13-20-22(19)28-15-27-20)14-24-23(26)25-21-16(2)9-7-10-17(21)3/h7-10,12-13,18H,4-6,11,14-15H2,1-3H3,(H2,24,25,26). The number of rotatable bonds is 8. The third-order valence-electron chi connectivity index (χ3n) is 5.25. The molecule has 0 fully saturated rings. The smallest absolute Gasteiger partial charge is 0.319 e. The van der Waals surface area contributed by atoms with Gasteiger partial charge in [-0.3, -0.25) is 0 Å². The van der Waals surface area contributed by atoms with E-state index >= 15 is 0 Å². The molecule has 1 heterocycles. The molecule has 0 radical (unpaired) electrons. The highest BCUT2D eigenvalue weighted by Crippen LogP contribution is 2.40. The number of carbonyl (C=O) groups is 1. The van der Waals surface area contributed by atoms with Crippen molar-refractivity contribution < 1.29 is 14.3 Å². The minimum atomic E-state index is -0.178. The summed E-state index contributed by atoms with van der Waals surface area (Å²) in [5.41, 5.74) is 4.10. The van der Waals surface area contributed by atoms with Gasteiger partial charge in [0.1, 0.15) is 0 Å². The SMILES string of the molecule is CCCCCC(CNC(=O)Nc1c(C)cccc1C)c1cccc2c1OCO2. The number of hydrogen-bond acceptors (Lipinski definition) is 3. The van der Waals surface area contributed by atoms with E-state index < -0.39 is 0 Å².